The third-order valence-corrected chi connectivity index (χ3v) is 4.91. The van der Waals surface area contributed by atoms with Crippen LogP contribution in [0.4, 0.5) is 0 Å². The first kappa shape index (κ1) is 17.0. The Kier molecular flexibility index (Phi) is 5.26. The monoisotopic (exact) mass is 334 g/mol. The van der Waals surface area contributed by atoms with E-state index in [0.717, 1.165) is 43.0 Å². The summed E-state index contributed by atoms with van der Waals surface area (Å²) in [6, 6.07) is 5.87. The highest BCUT2D eigenvalue weighted by Gasteiger charge is 2.41. The van der Waals surface area contributed by atoms with Gasteiger partial charge < -0.3 is 24.4 Å². The quantitative estimate of drug-likeness (QED) is 0.859. The Balaban J connectivity index is 1.75. The number of fused-ring (bicyclic) bond motifs is 1. The molecule has 2 aliphatic heterocycles. The molecule has 1 aromatic carbocycles. The van der Waals surface area contributed by atoms with Crippen LogP contribution >= 0.6 is 0 Å². The molecule has 6 heteroatoms. The topological polar surface area (TPSA) is 60.0 Å². The molecule has 0 saturated carbocycles. The molecule has 3 rings (SSSR count). The summed E-state index contributed by atoms with van der Waals surface area (Å²) in [6.45, 7) is 5.72. The summed E-state index contributed by atoms with van der Waals surface area (Å²) in [5.41, 5.74) is 0.641. The zero-order valence-electron chi connectivity index (χ0n) is 14.5. The van der Waals surface area contributed by atoms with Crippen LogP contribution in [0.15, 0.2) is 18.2 Å². The van der Waals surface area contributed by atoms with E-state index in [4.69, 9.17) is 14.2 Å². The minimum Gasteiger partial charge on any atom is -0.454 e. The molecule has 1 fully saturated rings. The molecule has 0 radical (unpaired) electrons. The Morgan fingerprint density at radius 3 is 2.75 bits per heavy atom. The van der Waals surface area contributed by atoms with E-state index in [9.17, 15) is 4.79 Å². The van der Waals surface area contributed by atoms with Crippen LogP contribution in [0.25, 0.3) is 0 Å². The van der Waals surface area contributed by atoms with Gasteiger partial charge in [-0.1, -0.05) is 6.07 Å². The summed E-state index contributed by atoms with van der Waals surface area (Å²) < 4.78 is 16.2. The first-order valence-electron chi connectivity index (χ1n) is 8.56. The van der Waals surface area contributed by atoms with Gasteiger partial charge in [0.15, 0.2) is 11.5 Å². The van der Waals surface area contributed by atoms with Crippen LogP contribution in [-0.4, -0.2) is 51.0 Å². The van der Waals surface area contributed by atoms with E-state index in [0.29, 0.717) is 19.7 Å². The molecule has 0 bridgehead atoms. The van der Waals surface area contributed by atoms with E-state index in [1.807, 2.05) is 30.0 Å². The largest absolute Gasteiger partial charge is 0.454 e. The lowest BCUT2D eigenvalue weighted by molar-refractivity contribution is -0.148. The van der Waals surface area contributed by atoms with Crippen molar-refractivity contribution in [1.82, 2.24) is 10.2 Å². The highest BCUT2D eigenvalue weighted by Crippen LogP contribution is 2.35. The van der Waals surface area contributed by atoms with Gasteiger partial charge in [0.2, 0.25) is 12.7 Å². The maximum absolute atomic E-state index is 13.2. The Hall–Kier alpha value is -1.79. The van der Waals surface area contributed by atoms with Gasteiger partial charge in [0.25, 0.3) is 0 Å². The number of benzene rings is 1. The Morgan fingerprint density at radius 1 is 1.29 bits per heavy atom. The predicted molar refractivity (Wildman–Crippen MR) is 90.1 cm³/mol. The van der Waals surface area contributed by atoms with E-state index in [1.54, 1.807) is 7.11 Å². The summed E-state index contributed by atoms with van der Waals surface area (Å²) in [6.07, 6.45) is 1.63. The standard InChI is InChI=1S/C18H26N2O4/c1-3-20(11-14-4-5-15-16(10-14)24-13-23-15)17(21)18(12-22-2)6-8-19-9-7-18/h4-5,10,19H,3,6-9,11-13H2,1-2H3. The van der Waals surface area contributed by atoms with E-state index in [-0.39, 0.29) is 12.7 Å². The molecule has 6 nitrogen and oxygen atoms in total. The summed E-state index contributed by atoms with van der Waals surface area (Å²) >= 11 is 0. The van der Waals surface area contributed by atoms with E-state index in [2.05, 4.69) is 5.32 Å². The SMILES string of the molecule is CCN(Cc1ccc2c(c1)OCO2)C(=O)C1(COC)CCNCC1. The fourth-order valence-electron chi connectivity index (χ4n) is 3.52. The Labute approximate surface area is 143 Å². The maximum Gasteiger partial charge on any atom is 0.231 e. The summed E-state index contributed by atoms with van der Waals surface area (Å²) in [5, 5.41) is 3.33. The number of carbonyl (C=O) groups excluding carboxylic acids is 1. The third kappa shape index (κ3) is 3.35. The smallest absolute Gasteiger partial charge is 0.231 e. The van der Waals surface area contributed by atoms with Gasteiger partial charge >= 0.3 is 0 Å². The molecule has 0 spiro atoms. The highest BCUT2D eigenvalue weighted by molar-refractivity contribution is 5.83. The molecule has 1 amide bonds. The second-order valence-electron chi connectivity index (χ2n) is 6.47. The van der Waals surface area contributed by atoms with Crippen LogP contribution in [0, 0.1) is 5.41 Å². The van der Waals surface area contributed by atoms with Gasteiger partial charge in [-0.3, -0.25) is 4.79 Å². The molecular formula is C18H26N2O4. The fraction of sp³-hybridized carbons (Fsp3) is 0.611. The molecule has 2 aliphatic rings. The average molecular weight is 334 g/mol. The molecule has 1 aromatic rings. The lowest BCUT2D eigenvalue weighted by Crippen LogP contribution is -2.51. The number of ether oxygens (including phenoxy) is 3. The molecule has 0 atom stereocenters. The minimum atomic E-state index is -0.410. The Morgan fingerprint density at radius 2 is 2.04 bits per heavy atom. The van der Waals surface area contributed by atoms with Crippen molar-refractivity contribution < 1.29 is 19.0 Å². The van der Waals surface area contributed by atoms with Gasteiger partial charge in [0.1, 0.15) is 0 Å². The number of hydrogen-bond donors (Lipinski definition) is 1. The van der Waals surface area contributed by atoms with Crippen molar-refractivity contribution in [3.63, 3.8) is 0 Å². The number of rotatable bonds is 6. The predicted octanol–water partition coefficient (Wildman–Crippen LogP) is 1.78. The molecule has 1 saturated heterocycles. The van der Waals surface area contributed by atoms with Crippen LogP contribution in [0.3, 0.4) is 0 Å². The fourth-order valence-corrected chi connectivity index (χ4v) is 3.52. The van der Waals surface area contributed by atoms with Gasteiger partial charge in [-0.05, 0) is 50.6 Å². The first-order valence-corrected chi connectivity index (χ1v) is 8.56. The maximum atomic E-state index is 13.2. The number of carbonyl (C=O) groups is 1. The second-order valence-corrected chi connectivity index (χ2v) is 6.47. The van der Waals surface area contributed by atoms with Crippen molar-refractivity contribution in [2.45, 2.75) is 26.3 Å². The molecule has 24 heavy (non-hydrogen) atoms. The van der Waals surface area contributed by atoms with Crippen LogP contribution in [-0.2, 0) is 16.1 Å². The number of piperidine rings is 1. The molecule has 0 aromatic heterocycles. The number of nitrogens with one attached hydrogen (secondary N) is 1. The molecule has 0 unspecified atom stereocenters. The zero-order valence-corrected chi connectivity index (χ0v) is 14.5. The van der Waals surface area contributed by atoms with Crippen molar-refractivity contribution in [2.24, 2.45) is 5.41 Å². The summed E-state index contributed by atoms with van der Waals surface area (Å²) in [5.74, 6) is 1.71. The lowest BCUT2D eigenvalue weighted by atomic mass is 9.78. The van der Waals surface area contributed by atoms with E-state index in [1.165, 1.54) is 0 Å². The van der Waals surface area contributed by atoms with Gasteiger partial charge in [-0.2, -0.15) is 0 Å². The van der Waals surface area contributed by atoms with Crippen molar-refractivity contribution in [3.8, 4) is 11.5 Å². The van der Waals surface area contributed by atoms with E-state index < -0.39 is 5.41 Å². The molecule has 132 valence electrons. The van der Waals surface area contributed by atoms with Crippen LogP contribution < -0.4 is 14.8 Å². The second kappa shape index (κ2) is 7.40. The van der Waals surface area contributed by atoms with Crippen molar-refractivity contribution >= 4 is 5.91 Å². The van der Waals surface area contributed by atoms with E-state index >= 15 is 0 Å². The first-order chi connectivity index (χ1) is 11.7. The normalized spacial score (nSPS) is 18.4. The summed E-state index contributed by atoms with van der Waals surface area (Å²) in [7, 11) is 1.67. The van der Waals surface area contributed by atoms with Crippen molar-refractivity contribution in [3.05, 3.63) is 23.8 Å². The van der Waals surface area contributed by atoms with Crippen molar-refractivity contribution in [1.29, 1.82) is 0 Å². The van der Waals surface area contributed by atoms with Crippen LogP contribution in [0.1, 0.15) is 25.3 Å². The van der Waals surface area contributed by atoms with Gasteiger partial charge in [0, 0.05) is 20.2 Å². The molecule has 2 heterocycles. The van der Waals surface area contributed by atoms with Gasteiger partial charge in [-0.15, -0.1) is 0 Å². The minimum absolute atomic E-state index is 0.186. The third-order valence-electron chi connectivity index (χ3n) is 4.91. The number of amides is 1. The lowest BCUT2D eigenvalue weighted by Gasteiger charge is -2.39. The van der Waals surface area contributed by atoms with Crippen LogP contribution in [0.5, 0.6) is 11.5 Å². The number of nitrogens with zero attached hydrogens (tertiary/aromatic N) is 1. The van der Waals surface area contributed by atoms with Gasteiger partial charge in [-0.25, -0.2) is 0 Å². The zero-order chi connectivity index (χ0) is 17.0. The average Bonchev–Trinajstić information content (AvgIpc) is 3.08. The molecular weight excluding hydrogens is 308 g/mol. The molecule has 0 aliphatic carbocycles. The number of methoxy groups -OCH3 is 1. The highest BCUT2D eigenvalue weighted by atomic mass is 16.7. The van der Waals surface area contributed by atoms with Crippen molar-refractivity contribution in [2.75, 3.05) is 40.1 Å². The Bertz CT molecular complexity index is 579. The van der Waals surface area contributed by atoms with Crippen LogP contribution in [0.2, 0.25) is 0 Å². The molecule has 1 N–H and O–H groups in total. The summed E-state index contributed by atoms with van der Waals surface area (Å²) in [4.78, 5) is 15.2. The number of hydrogen-bond acceptors (Lipinski definition) is 5. The van der Waals surface area contributed by atoms with Gasteiger partial charge in [0.05, 0.1) is 12.0 Å².